The fourth-order valence-corrected chi connectivity index (χ4v) is 10.8. The molecule has 0 fully saturated rings. The summed E-state index contributed by atoms with van der Waals surface area (Å²) in [6.45, 7) is 18.9. The summed E-state index contributed by atoms with van der Waals surface area (Å²) >= 11 is 6.35. The molecular formula is C32H48Br2O12S4. The van der Waals surface area contributed by atoms with E-state index in [1.807, 2.05) is 0 Å². The molecule has 2 rings (SSSR count). The van der Waals surface area contributed by atoms with Crippen LogP contribution in [0.15, 0.2) is 52.8 Å². The van der Waals surface area contributed by atoms with Crippen LogP contribution in [0.5, 0.6) is 0 Å². The second kappa shape index (κ2) is 15.4. The van der Waals surface area contributed by atoms with Crippen molar-refractivity contribution in [2.75, 3.05) is 26.4 Å². The Morgan fingerprint density at radius 1 is 0.400 bits per heavy atom. The first kappa shape index (κ1) is 45.2. The van der Waals surface area contributed by atoms with Crippen molar-refractivity contribution >= 4 is 72.3 Å². The zero-order valence-corrected chi connectivity index (χ0v) is 36.9. The van der Waals surface area contributed by atoms with Crippen molar-refractivity contribution in [2.45, 2.75) is 103 Å². The van der Waals surface area contributed by atoms with Gasteiger partial charge in [-0.1, -0.05) is 115 Å². The van der Waals surface area contributed by atoms with Crippen LogP contribution in [0, 0.1) is 21.7 Å². The fourth-order valence-electron chi connectivity index (χ4n) is 3.67. The molecule has 0 bridgehead atoms. The first-order valence-electron chi connectivity index (χ1n) is 15.3. The number of hydrogen-bond donors (Lipinski definition) is 0. The predicted molar refractivity (Wildman–Crippen MR) is 198 cm³/mol. The molecule has 0 atom stereocenters. The molecule has 18 heteroatoms. The van der Waals surface area contributed by atoms with Crippen LogP contribution in [0.2, 0.25) is 0 Å². The molecule has 0 aliphatic heterocycles. The summed E-state index contributed by atoms with van der Waals surface area (Å²) in [6.07, 6.45) is 0. The van der Waals surface area contributed by atoms with Gasteiger partial charge in [0.05, 0.1) is 26.4 Å². The molecule has 0 heterocycles. The molecule has 2 aromatic carbocycles. The molecule has 50 heavy (non-hydrogen) atoms. The van der Waals surface area contributed by atoms with Crippen LogP contribution in [-0.2, 0) is 57.2 Å². The Bertz CT molecular complexity index is 1730. The van der Waals surface area contributed by atoms with Crippen molar-refractivity contribution in [2.24, 2.45) is 21.7 Å². The summed E-state index contributed by atoms with van der Waals surface area (Å²) in [6, 6.07) is 3.99. The smallest absolute Gasteiger partial charge is 0.266 e. The van der Waals surface area contributed by atoms with Gasteiger partial charge in [0.25, 0.3) is 40.5 Å². The van der Waals surface area contributed by atoms with E-state index in [0.29, 0.717) is 0 Å². The Morgan fingerprint density at radius 3 is 0.700 bits per heavy atom. The lowest BCUT2D eigenvalue weighted by atomic mass is 9.99. The van der Waals surface area contributed by atoms with Crippen LogP contribution in [-0.4, -0.2) is 60.1 Å². The molecule has 0 amide bonds. The second-order valence-electron chi connectivity index (χ2n) is 16.7. The maximum absolute atomic E-state index is 14.1. The fraction of sp³-hybridized carbons (Fsp3) is 0.625. The van der Waals surface area contributed by atoms with E-state index in [9.17, 15) is 33.7 Å². The van der Waals surface area contributed by atoms with E-state index in [2.05, 4.69) is 31.9 Å². The van der Waals surface area contributed by atoms with Crippen molar-refractivity contribution in [3.63, 3.8) is 0 Å². The van der Waals surface area contributed by atoms with Crippen molar-refractivity contribution in [1.82, 2.24) is 0 Å². The summed E-state index contributed by atoms with van der Waals surface area (Å²) in [5.74, 6) is 0. The van der Waals surface area contributed by atoms with E-state index >= 15 is 0 Å². The summed E-state index contributed by atoms with van der Waals surface area (Å²) in [5, 5.41) is 0. The zero-order chi connectivity index (χ0) is 39.1. The van der Waals surface area contributed by atoms with Crippen molar-refractivity contribution < 1.29 is 50.4 Å². The Labute approximate surface area is 315 Å². The maximum atomic E-state index is 14.1. The van der Waals surface area contributed by atoms with Crippen LogP contribution in [0.4, 0.5) is 0 Å². The third-order valence-electron chi connectivity index (χ3n) is 5.98. The van der Waals surface area contributed by atoms with Crippen molar-refractivity contribution in [3.05, 3.63) is 33.2 Å². The standard InChI is InChI=1S/C32H48Br2O12S4/c1-29(2,3)17-43-47(35,36)23-13-21(33)14-24(48(37,38)44-18-30(4,5)6)27(23)28-25(49(39,40)45-19-31(7,8)9)15-22(34)16-26(28)50(41,42)46-20-32(10,11)12/h13-16H,17-20H2,1-12H3. The highest BCUT2D eigenvalue weighted by atomic mass is 79.9. The summed E-state index contributed by atoms with van der Waals surface area (Å²) in [5.41, 5.74) is -4.48. The predicted octanol–water partition coefficient (Wildman–Crippen LogP) is 7.88. The second-order valence-corrected chi connectivity index (χ2v) is 24.8. The quantitative estimate of drug-likeness (QED) is 0.178. The van der Waals surface area contributed by atoms with Gasteiger partial charge in [-0.3, -0.25) is 16.7 Å². The number of benzene rings is 2. The summed E-state index contributed by atoms with van der Waals surface area (Å²) in [7, 11) is -19.8. The molecule has 0 saturated heterocycles. The molecule has 0 radical (unpaired) electrons. The van der Waals surface area contributed by atoms with Crippen LogP contribution in [0.25, 0.3) is 11.1 Å². The lowest BCUT2D eigenvalue weighted by Gasteiger charge is -2.25. The minimum atomic E-state index is -4.96. The topological polar surface area (TPSA) is 173 Å². The molecule has 0 N–H and O–H groups in total. The summed E-state index contributed by atoms with van der Waals surface area (Å²) in [4.78, 5) is -3.40. The third kappa shape index (κ3) is 13.2. The van der Waals surface area contributed by atoms with E-state index in [-0.39, 0.29) is 35.4 Å². The van der Waals surface area contributed by atoms with Gasteiger partial charge in [0.15, 0.2) is 0 Å². The minimum Gasteiger partial charge on any atom is -0.266 e. The molecule has 12 nitrogen and oxygen atoms in total. The number of halogens is 2. The van der Waals surface area contributed by atoms with Crippen LogP contribution in [0.1, 0.15) is 83.1 Å². The van der Waals surface area contributed by atoms with Crippen molar-refractivity contribution in [1.29, 1.82) is 0 Å². The van der Waals surface area contributed by atoms with E-state index in [4.69, 9.17) is 16.7 Å². The number of rotatable bonds is 13. The van der Waals surface area contributed by atoms with E-state index in [1.54, 1.807) is 83.1 Å². The monoisotopic (exact) mass is 910 g/mol. The van der Waals surface area contributed by atoms with Gasteiger partial charge in [-0.05, 0) is 45.9 Å². The van der Waals surface area contributed by atoms with Gasteiger partial charge in [0.2, 0.25) is 0 Å². The van der Waals surface area contributed by atoms with Crippen LogP contribution < -0.4 is 0 Å². The van der Waals surface area contributed by atoms with Gasteiger partial charge in [0, 0.05) is 20.1 Å². The lowest BCUT2D eigenvalue weighted by Crippen LogP contribution is -2.24. The Balaban J connectivity index is 3.38. The summed E-state index contributed by atoms with van der Waals surface area (Å²) < 4.78 is 134. The molecule has 0 aliphatic carbocycles. The average Bonchev–Trinajstić information content (AvgIpc) is 2.91. The van der Waals surface area contributed by atoms with E-state index in [0.717, 1.165) is 24.3 Å². The van der Waals surface area contributed by atoms with Gasteiger partial charge in [-0.25, -0.2) is 0 Å². The Morgan fingerprint density at radius 2 is 0.560 bits per heavy atom. The molecule has 286 valence electrons. The molecule has 2 aromatic rings. The number of hydrogen-bond acceptors (Lipinski definition) is 12. The molecule has 0 aromatic heterocycles. The van der Waals surface area contributed by atoms with Gasteiger partial charge < -0.3 is 0 Å². The third-order valence-corrected chi connectivity index (χ3v) is 12.0. The molecule has 0 aliphatic rings. The average molecular weight is 913 g/mol. The normalized spacial score (nSPS) is 14.3. The first-order chi connectivity index (χ1) is 22.1. The molecule has 0 spiro atoms. The van der Waals surface area contributed by atoms with Crippen molar-refractivity contribution in [3.8, 4) is 11.1 Å². The molecule has 0 saturated carbocycles. The lowest BCUT2D eigenvalue weighted by molar-refractivity contribution is 0.202. The highest BCUT2D eigenvalue weighted by Crippen LogP contribution is 2.46. The van der Waals surface area contributed by atoms with Crippen LogP contribution in [0.3, 0.4) is 0 Å². The molecular weight excluding hydrogens is 864 g/mol. The van der Waals surface area contributed by atoms with Crippen LogP contribution >= 0.6 is 31.9 Å². The van der Waals surface area contributed by atoms with E-state index < -0.39 is 92.8 Å². The SMILES string of the molecule is CC(C)(C)COS(=O)(=O)c1cc(Br)cc(S(=O)(=O)OCC(C)(C)C)c1-c1c(S(=O)(=O)OCC(C)(C)C)cc(Br)cc1S(=O)(=O)OCC(C)(C)C. The first-order valence-corrected chi connectivity index (χ1v) is 22.5. The van der Waals surface area contributed by atoms with Gasteiger partial charge >= 0.3 is 0 Å². The minimum absolute atomic E-state index is 0.0731. The largest absolute Gasteiger partial charge is 0.297 e. The zero-order valence-electron chi connectivity index (χ0n) is 30.4. The van der Waals surface area contributed by atoms with Gasteiger partial charge in [-0.2, -0.15) is 33.7 Å². The van der Waals surface area contributed by atoms with E-state index in [1.165, 1.54) is 0 Å². The Hall–Kier alpha value is -0.960. The highest BCUT2D eigenvalue weighted by Gasteiger charge is 2.39. The van der Waals surface area contributed by atoms with Gasteiger partial charge in [0.1, 0.15) is 19.6 Å². The molecule has 0 unspecified atom stereocenters. The highest BCUT2D eigenvalue weighted by molar-refractivity contribution is 9.10. The maximum Gasteiger partial charge on any atom is 0.297 e. The van der Waals surface area contributed by atoms with Gasteiger partial charge in [-0.15, -0.1) is 0 Å². The Kier molecular flexibility index (Phi) is 13.9.